The third kappa shape index (κ3) is 3.95. The summed E-state index contributed by atoms with van der Waals surface area (Å²) in [6.45, 7) is 3.12. The van der Waals surface area contributed by atoms with Crippen LogP contribution in [-0.4, -0.2) is 61.4 Å². The number of nitrogens with zero attached hydrogens (tertiary/aromatic N) is 2. The van der Waals surface area contributed by atoms with Crippen molar-refractivity contribution in [3.63, 3.8) is 0 Å². The molecule has 1 amide bonds. The first-order valence-corrected chi connectivity index (χ1v) is 10.5. The monoisotopic (exact) mass is 390 g/mol. The molecular weight excluding hydrogens is 368 g/mol. The fourth-order valence-electron chi connectivity index (χ4n) is 3.42. The van der Waals surface area contributed by atoms with Gasteiger partial charge in [-0.1, -0.05) is 18.2 Å². The van der Waals surface area contributed by atoms with E-state index in [4.69, 9.17) is 4.74 Å². The second-order valence-electron chi connectivity index (χ2n) is 6.85. The van der Waals surface area contributed by atoms with Gasteiger partial charge in [0.2, 0.25) is 0 Å². The number of hydrogen-bond donors (Lipinski definition) is 0. The van der Waals surface area contributed by atoms with Gasteiger partial charge >= 0.3 is 5.97 Å². The van der Waals surface area contributed by atoms with Crippen LogP contribution in [0.25, 0.3) is 10.9 Å². The van der Waals surface area contributed by atoms with Crippen molar-refractivity contribution in [3.8, 4) is 0 Å². The summed E-state index contributed by atoms with van der Waals surface area (Å²) in [4.78, 5) is 30.6. The second-order valence-corrected chi connectivity index (χ2v) is 9.08. The molecule has 8 heteroatoms. The van der Waals surface area contributed by atoms with Crippen LogP contribution in [-0.2, 0) is 19.4 Å². The number of likely N-dealkylation sites (N-methyl/N-ethyl adjacent to an activating group) is 1. The summed E-state index contributed by atoms with van der Waals surface area (Å²) >= 11 is 0. The minimum absolute atomic E-state index is 0.0456. The standard InChI is InChI=1S/C19H22N2O5S/c1-12-15-6-4-5-7-16(15)20-13(2)18(12)19(23)26-10-17(22)21(3)14-8-9-27(24,25)11-14/h4-7,14H,8-11H2,1-3H3/t14-/m0/s1. The first-order chi connectivity index (χ1) is 12.7. The molecular formula is C19H22N2O5S. The molecule has 1 fully saturated rings. The summed E-state index contributed by atoms with van der Waals surface area (Å²) in [5.41, 5.74) is 2.44. The van der Waals surface area contributed by atoms with Crippen LogP contribution < -0.4 is 0 Å². The number of aryl methyl sites for hydroxylation is 2. The minimum atomic E-state index is -3.09. The number of benzene rings is 1. The van der Waals surface area contributed by atoms with Crippen LogP contribution in [0.3, 0.4) is 0 Å². The van der Waals surface area contributed by atoms with Crippen LogP contribution in [0.5, 0.6) is 0 Å². The van der Waals surface area contributed by atoms with Crippen molar-refractivity contribution < 1.29 is 22.7 Å². The maximum absolute atomic E-state index is 12.6. The third-order valence-electron chi connectivity index (χ3n) is 5.01. The normalized spacial score (nSPS) is 18.4. The average Bonchev–Trinajstić information content (AvgIpc) is 2.98. The molecule has 0 bridgehead atoms. The highest BCUT2D eigenvalue weighted by Crippen LogP contribution is 2.23. The molecule has 2 heterocycles. The van der Waals surface area contributed by atoms with Crippen molar-refractivity contribution in [1.82, 2.24) is 9.88 Å². The Labute approximate surface area is 158 Å². The largest absolute Gasteiger partial charge is 0.452 e. The molecule has 1 aromatic heterocycles. The lowest BCUT2D eigenvalue weighted by atomic mass is 10.0. The van der Waals surface area contributed by atoms with E-state index in [9.17, 15) is 18.0 Å². The Hall–Kier alpha value is -2.48. The number of hydrogen-bond acceptors (Lipinski definition) is 6. The first kappa shape index (κ1) is 19.3. The van der Waals surface area contributed by atoms with Crippen molar-refractivity contribution >= 4 is 32.6 Å². The van der Waals surface area contributed by atoms with E-state index in [1.807, 2.05) is 31.2 Å². The highest BCUT2D eigenvalue weighted by Gasteiger charge is 2.33. The van der Waals surface area contributed by atoms with Gasteiger partial charge in [0.1, 0.15) is 0 Å². The summed E-state index contributed by atoms with van der Waals surface area (Å²) in [5.74, 6) is -0.995. The van der Waals surface area contributed by atoms with Crippen molar-refractivity contribution in [1.29, 1.82) is 0 Å². The Kier molecular flexibility index (Phi) is 5.19. The van der Waals surface area contributed by atoms with Crippen LogP contribution in [0.4, 0.5) is 0 Å². The number of pyridine rings is 1. The summed E-state index contributed by atoms with van der Waals surface area (Å²) < 4.78 is 28.4. The molecule has 1 atom stereocenters. The molecule has 0 N–H and O–H groups in total. The smallest absolute Gasteiger partial charge is 0.340 e. The quantitative estimate of drug-likeness (QED) is 0.737. The van der Waals surface area contributed by atoms with Gasteiger partial charge in [-0.3, -0.25) is 9.78 Å². The molecule has 1 aromatic carbocycles. The van der Waals surface area contributed by atoms with E-state index in [2.05, 4.69) is 4.98 Å². The van der Waals surface area contributed by atoms with Crippen LogP contribution in [0.15, 0.2) is 24.3 Å². The molecule has 1 saturated heterocycles. The molecule has 0 unspecified atom stereocenters. The molecule has 0 saturated carbocycles. The lowest BCUT2D eigenvalue weighted by Crippen LogP contribution is -2.40. The number of para-hydroxylation sites is 1. The Balaban J connectivity index is 1.71. The van der Waals surface area contributed by atoms with Crippen molar-refractivity contribution in [2.45, 2.75) is 26.3 Å². The van der Waals surface area contributed by atoms with Gasteiger partial charge in [0.25, 0.3) is 5.91 Å². The summed E-state index contributed by atoms with van der Waals surface area (Å²) in [6, 6.07) is 7.14. The molecule has 0 radical (unpaired) electrons. The zero-order valence-corrected chi connectivity index (χ0v) is 16.4. The van der Waals surface area contributed by atoms with E-state index >= 15 is 0 Å². The molecule has 0 aliphatic carbocycles. The van der Waals surface area contributed by atoms with E-state index in [-0.39, 0.29) is 17.5 Å². The number of rotatable bonds is 4. The zero-order valence-electron chi connectivity index (χ0n) is 15.6. The maximum Gasteiger partial charge on any atom is 0.340 e. The molecule has 1 aliphatic rings. The Morgan fingerprint density at radius 1 is 1.26 bits per heavy atom. The van der Waals surface area contributed by atoms with Crippen LogP contribution >= 0.6 is 0 Å². The number of amides is 1. The number of carbonyl (C=O) groups is 2. The van der Waals surface area contributed by atoms with Crippen LogP contribution in [0.1, 0.15) is 28.0 Å². The lowest BCUT2D eigenvalue weighted by Gasteiger charge is -2.23. The summed E-state index contributed by atoms with van der Waals surface area (Å²) in [7, 11) is -1.55. The number of aromatic nitrogens is 1. The zero-order chi connectivity index (χ0) is 19.8. The Morgan fingerprint density at radius 3 is 2.63 bits per heavy atom. The van der Waals surface area contributed by atoms with E-state index in [0.717, 1.165) is 16.5 Å². The van der Waals surface area contributed by atoms with Gasteiger partial charge in [0, 0.05) is 18.5 Å². The van der Waals surface area contributed by atoms with Crippen molar-refractivity contribution in [3.05, 3.63) is 41.1 Å². The molecule has 144 valence electrons. The van der Waals surface area contributed by atoms with Gasteiger partial charge < -0.3 is 9.64 Å². The molecule has 27 heavy (non-hydrogen) atoms. The van der Waals surface area contributed by atoms with Gasteiger partial charge in [-0.25, -0.2) is 13.2 Å². The summed E-state index contributed by atoms with van der Waals surface area (Å²) in [6.07, 6.45) is 0.408. The van der Waals surface area contributed by atoms with Gasteiger partial charge in [-0.15, -0.1) is 0 Å². The number of carbonyl (C=O) groups excluding carboxylic acids is 2. The van der Waals surface area contributed by atoms with Crippen molar-refractivity contribution in [2.75, 3.05) is 25.2 Å². The number of fused-ring (bicyclic) bond motifs is 1. The average molecular weight is 390 g/mol. The highest BCUT2D eigenvalue weighted by molar-refractivity contribution is 7.91. The molecule has 0 spiro atoms. The molecule has 3 rings (SSSR count). The van der Waals surface area contributed by atoms with Gasteiger partial charge in [0.05, 0.1) is 28.3 Å². The van der Waals surface area contributed by atoms with Crippen LogP contribution in [0.2, 0.25) is 0 Å². The van der Waals surface area contributed by atoms with E-state index in [1.165, 1.54) is 11.9 Å². The molecule has 1 aliphatic heterocycles. The van der Waals surface area contributed by atoms with Gasteiger partial charge in [-0.05, 0) is 31.9 Å². The highest BCUT2D eigenvalue weighted by atomic mass is 32.2. The second kappa shape index (κ2) is 7.26. The van der Waals surface area contributed by atoms with Gasteiger partial charge in [0.15, 0.2) is 16.4 Å². The predicted molar refractivity (Wildman–Crippen MR) is 101 cm³/mol. The number of esters is 1. The SMILES string of the molecule is Cc1nc2ccccc2c(C)c1C(=O)OCC(=O)N(C)[C@H]1CCS(=O)(=O)C1. The third-order valence-corrected chi connectivity index (χ3v) is 6.76. The Morgan fingerprint density at radius 2 is 1.96 bits per heavy atom. The fourth-order valence-corrected chi connectivity index (χ4v) is 5.19. The van der Waals surface area contributed by atoms with E-state index in [1.54, 1.807) is 6.92 Å². The van der Waals surface area contributed by atoms with Crippen LogP contribution in [0, 0.1) is 13.8 Å². The minimum Gasteiger partial charge on any atom is -0.452 e. The van der Waals surface area contributed by atoms with E-state index in [0.29, 0.717) is 17.7 Å². The predicted octanol–water partition coefficient (Wildman–Crippen LogP) is 1.65. The topological polar surface area (TPSA) is 93.6 Å². The number of ether oxygens (including phenoxy) is 1. The fraction of sp³-hybridized carbons (Fsp3) is 0.421. The molecule has 7 nitrogen and oxygen atoms in total. The Bertz CT molecular complexity index is 1020. The molecule has 2 aromatic rings. The van der Waals surface area contributed by atoms with Crippen molar-refractivity contribution in [2.24, 2.45) is 0 Å². The van der Waals surface area contributed by atoms with E-state index < -0.39 is 28.3 Å². The van der Waals surface area contributed by atoms with Gasteiger partial charge in [-0.2, -0.15) is 0 Å². The summed E-state index contributed by atoms with van der Waals surface area (Å²) in [5, 5.41) is 0.856. The number of sulfone groups is 1. The first-order valence-electron chi connectivity index (χ1n) is 8.69. The maximum atomic E-state index is 12.6. The lowest BCUT2D eigenvalue weighted by molar-refractivity contribution is -0.134.